The molecule has 1 unspecified atom stereocenters. The van der Waals surface area contributed by atoms with E-state index in [1.54, 1.807) is 0 Å². The van der Waals surface area contributed by atoms with E-state index < -0.39 is 11.6 Å². The van der Waals surface area contributed by atoms with Gasteiger partial charge in [-0.25, -0.2) is 8.78 Å². The summed E-state index contributed by atoms with van der Waals surface area (Å²) in [5.41, 5.74) is 0.612. The molecule has 0 saturated carbocycles. The maximum absolute atomic E-state index is 13.4. The first kappa shape index (κ1) is 9.84. The van der Waals surface area contributed by atoms with Crippen LogP contribution in [-0.2, 0) is 4.74 Å². The highest BCUT2D eigenvalue weighted by atomic mass is 19.1. The summed E-state index contributed by atoms with van der Waals surface area (Å²) in [4.78, 5) is 0. The Morgan fingerprint density at radius 2 is 2.19 bits per heavy atom. The van der Waals surface area contributed by atoms with Crippen molar-refractivity contribution >= 4 is 11.4 Å². The van der Waals surface area contributed by atoms with Crippen LogP contribution in [0.4, 0.5) is 20.2 Å². The third kappa shape index (κ3) is 1.43. The molecular formula is C11H12F2N2O. The Morgan fingerprint density at radius 3 is 2.94 bits per heavy atom. The number of rotatable bonds is 0. The second-order valence-electron chi connectivity index (χ2n) is 4.37. The van der Waals surface area contributed by atoms with Crippen LogP contribution in [0.5, 0.6) is 0 Å². The van der Waals surface area contributed by atoms with Gasteiger partial charge < -0.3 is 15.4 Å². The van der Waals surface area contributed by atoms with Crippen LogP contribution in [-0.4, -0.2) is 25.3 Å². The maximum Gasteiger partial charge on any atom is 0.151 e. The van der Waals surface area contributed by atoms with Gasteiger partial charge in [-0.05, 0) is 12.5 Å². The minimum atomic E-state index is -0.568. The predicted molar refractivity (Wildman–Crippen MR) is 56.6 cm³/mol. The van der Waals surface area contributed by atoms with Crippen LogP contribution in [0, 0.1) is 11.6 Å². The fourth-order valence-corrected chi connectivity index (χ4v) is 2.28. The lowest BCUT2D eigenvalue weighted by Crippen LogP contribution is -2.48. The van der Waals surface area contributed by atoms with Crippen LogP contribution >= 0.6 is 0 Å². The van der Waals surface area contributed by atoms with Crippen molar-refractivity contribution in [1.29, 1.82) is 0 Å². The summed E-state index contributed by atoms with van der Waals surface area (Å²) in [7, 11) is 0. The number of halogens is 2. The van der Waals surface area contributed by atoms with Crippen LogP contribution in [0.3, 0.4) is 0 Å². The molecule has 86 valence electrons. The molecule has 1 fully saturated rings. The van der Waals surface area contributed by atoms with E-state index in [2.05, 4.69) is 10.6 Å². The molecule has 1 saturated heterocycles. The topological polar surface area (TPSA) is 33.3 Å². The minimum absolute atomic E-state index is 0.215. The molecule has 3 rings (SSSR count). The minimum Gasteiger partial charge on any atom is -0.379 e. The number of hydrogen-bond acceptors (Lipinski definition) is 3. The van der Waals surface area contributed by atoms with Gasteiger partial charge in [0.25, 0.3) is 0 Å². The molecule has 1 atom stereocenters. The molecule has 2 aliphatic heterocycles. The van der Waals surface area contributed by atoms with E-state index in [0.29, 0.717) is 31.1 Å². The highest BCUT2D eigenvalue weighted by Gasteiger charge is 2.38. The van der Waals surface area contributed by atoms with Gasteiger partial charge in [0.2, 0.25) is 0 Å². The molecule has 0 aromatic heterocycles. The van der Waals surface area contributed by atoms with Crippen molar-refractivity contribution in [3.63, 3.8) is 0 Å². The molecule has 5 heteroatoms. The van der Waals surface area contributed by atoms with Crippen LogP contribution < -0.4 is 10.6 Å². The zero-order chi connectivity index (χ0) is 11.2. The summed E-state index contributed by atoms with van der Waals surface area (Å²) in [6.45, 7) is 1.85. The van der Waals surface area contributed by atoms with E-state index in [1.165, 1.54) is 6.07 Å². The Bertz CT molecular complexity index is 430. The number of nitrogens with one attached hydrogen (secondary N) is 2. The SMILES string of the molecule is Fc1cc(F)c2c(c1)NC1(CCOC1)CN2. The van der Waals surface area contributed by atoms with Crippen molar-refractivity contribution in [2.24, 2.45) is 0 Å². The van der Waals surface area contributed by atoms with Crippen LogP contribution in [0.15, 0.2) is 12.1 Å². The van der Waals surface area contributed by atoms with Crippen LogP contribution in [0.25, 0.3) is 0 Å². The van der Waals surface area contributed by atoms with E-state index in [1.807, 2.05) is 0 Å². The van der Waals surface area contributed by atoms with Gasteiger partial charge in [-0.3, -0.25) is 0 Å². The molecule has 1 aromatic rings. The normalized spacial score (nSPS) is 27.4. The summed E-state index contributed by atoms with van der Waals surface area (Å²) in [5, 5.41) is 6.19. The van der Waals surface area contributed by atoms with E-state index in [-0.39, 0.29) is 5.54 Å². The zero-order valence-electron chi connectivity index (χ0n) is 8.65. The lowest BCUT2D eigenvalue weighted by Gasteiger charge is -2.36. The Kier molecular flexibility index (Phi) is 2.04. The molecule has 0 amide bonds. The number of anilines is 2. The Morgan fingerprint density at radius 1 is 1.31 bits per heavy atom. The second kappa shape index (κ2) is 3.31. The Balaban J connectivity index is 1.99. The average Bonchev–Trinajstić information content (AvgIpc) is 2.65. The summed E-state index contributed by atoms with van der Waals surface area (Å²) in [5.74, 6) is -1.13. The number of ether oxygens (including phenoxy) is 1. The molecule has 2 aliphatic rings. The lowest BCUT2D eigenvalue weighted by atomic mass is 9.95. The molecule has 2 N–H and O–H groups in total. The molecule has 16 heavy (non-hydrogen) atoms. The van der Waals surface area contributed by atoms with Gasteiger partial charge in [-0.1, -0.05) is 0 Å². The van der Waals surface area contributed by atoms with Gasteiger partial charge in [0.05, 0.1) is 23.5 Å². The fraction of sp³-hybridized carbons (Fsp3) is 0.455. The van der Waals surface area contributed by atoms with Crippen molar-refractivity contribution < 1.29 is 13.5 Å². The predicted octanol–water partition coefficient (Wildman–Crippen LogP) is 1.96. The largest absolute Gasteiger partial charge is 0.379 e. The standard InChI is InChI=1S/C11H12F2N2O/c12-7-3-8(13)10-9(4-7)15-11(5-14-10)1-2-16-6-11/h3-4,14-15H,1-2,5-6H2. The number of fused-ring (bicyclic) bond motifs is 1. The van der Waals surface area contributed by atoms with Gasteiger partial charge in [0, 0.05) is 19.2 Å². The fourth-order valence-electron chi connectivity index (χ4n) is 2.28. The molecule has 1 spiro atoms. The summed E-state index contributed by atoms with van der Waals surface area (Å²) >= 11 is 0. The second-order valence-corrected chi connectivity index (χ2v) is 4.37. The van der Waals surface area contributed by atoms with Gasteiger partial charge in [-0.15, -0.1) is 0 Å². The van der Waals surface area contributed by atoms with Gasteiger partial charge in [0.1, 0.15) is 5.82 Å². The molecule has 2 heterocycles. The van der Waals surface area contributed by atoms with E-state index in [9.17, 15) is 8.78 Å². The Labute approximate surface area is 91.8 Å². The quantitative estimate of drug-likeness (QED) is 0.709. The van der Waals surface area contributed by atoms with E-state index in [0.717, 1.165) is 12.5 Å². The van der Waals surface area contributed by atoms with Gasteiger partial charge in [-0.2, -0.15) is 0 Å². The molecule has 0 bridgehead atoms. The van der Waals surface area contributed by atoms with E-state index in [4.69, 9.17) is 4.74 Å². The first-order valence-corrected chi connectivity index (χ1v) is 5.27. The summed E-state index contributed by atoms with van der Waals surface area (Å²) < 4.78 is 31.8. The Hall–Kier alpha value is -1.36. The highest BCUT2D eigenvalue weighted by Crippen LogP contribution is 2.36. The molecule has 3 nitrogen and oxygen atoms in total. The van der Waals surface area contributed by atoms with Gasteiger partial charge >= 0.3 is 0 Å². The number of hydrogen-bond donors (Lipinski definition) is 2. The van der Waals surface area contributed by atoms with Crippen molar-refractivity contribution in [3.05, 3.63) is 23.8 Å². The summed E-state index contributed by atoms with van der Waals surface area (Å²) in [6.07, 6.45) is 0.845. The lowest BCUT2D eigenvalue weighted by molar-refractivity contribution is 0.183. The third-order valence-corrected chi connectivity index (χ3v) is 3.16. The molecule has 0 radical (unpaired) electrons. The smallest absolute Gasteiger partial charge is 0.151 e. The molecule has 1 aromatic carbocycles. The molecular weight excluding hydrogens is 214 g/mol. The van der Waals surface area contributed by atoms with Crippen molar-refractivity contribution in [2.45, 2.75) is 12.0 Å². The van der Waals surface area contributed by atoms with Crippen molar-refractivity contribution in [3.8, 4) is 0 Å². The van der Waals surface area contributed by atoms with Crippen LogP contribution in [0.2, 0.25) is 0 Å². The first-order valence-electron chi connectivity index (χ1n) is 5.27. The van der Waals surface area contributed by atoms with Crippen LogP contribution in [0.1, 0.15) is 6.42 Å². The monoisotopic (exact) mass is 226 g/mol. The van der Waals surface area contributed by atoms with Crippen molar-refractivity contribution in [1.82, 2.24) is 0 Å². The summed E-state index contributed by atoms with van der Waals surface area (Å²) in [6, 6.07) is 2.20. The molecule has 0 aliphatic carbocycles. The first-order chi connectivity index (χ1) is 7.69. The van der Waals surface area contributed by atoms with E-state index >= 15 is 0 Å². The van der Waals surface area contributed by atoms with Gasteiger partial charge in [0.15, 0.2) is 5.82 Å². The number of benzene rings is 1. The maximum atomic E-state index is 13.4. The van der Waals surface area contributed by atoms with Crippen molar-refractivity contribution in [2.75, 3.05) is 30.4 Å². The third-order valence-electron chi connectivity index (χ3n) is 3.16. The highest BCUT2D eigenvalue weighted by molar-refractivity contribution is 5.73. The average molecular weight is 226 g/mol. The zero-order valence-corrected chi connectivity index (χ0v) is 8.65.